The maximum absolute atomic E-state index is 5.47. The molecule has 2 N–H and O–H groups in total. The van der Waals surface area contributed by atoms with Gasteiger partial charge in [0.25, 0.3) is 0 Å². The molecule has 0 saturated carbocycles. The highest BCUT2D eigenvalue weighted by molar-refractivity contribution is 14.0. The number of hydrogen-bond acceptors (Lipinski definition) is 3. The van der Waals surface area contributed by atoms with E-state index < -0.39 is 0 Å². The van der Waals surface area contributed by atoms with Gasteiger partial charge in [-0.15, -0.1) is 24.0 Å². The van der Waals surface area contributed by atoms with Crippen molar-refractivity contribution in [2.75, 3.05) is 39.9 Å². The number of benzene rings is 2. The smallest absolute Gasteiger partial charge is 0.191 e. The summed E-state index contributed by atoms with van der Waals surface area (Å²) in [4.78, 5) is 6.84. The quantitative estimate of drug-likeness (QED) is 0.313. The molecule has 30 heavy (non-hydrogen) atoms. The number of hydrogen-bond donors (Lipinski definition) is 2. The van der Waals surface area contributed by atoms with Crippen LogP contribution in [0.15, 0.2) is 59.6 Å². The van der Waals surface area contributed by atoms with Crippen molar-refractivity contribution < 1.29 is 4.74 Å². The van der Waals surface area contributed by atoms with Gasteiger partial charge in [0.05, 0.1) is 13.2 Å². The summed E-state index contributed by atoms with van der Waals surface area (Å²) >= 11 is 0. The summed E-state index contributed by atoms with van der Waals surface area (Å²) in [5, 5.41) is 6.93. The molecule has 1 atom stereocenters. The van der Waals surface area contributed by atoms with Gasteiger partial charge in [-0.1, -0.05) is 61.5 Å². The Kier molecular flexibility index (Phi) is 11.2. The predicted molar refractivity (Wildman–Crippen MR) is 136 cm³/mol. The molecule has 3 rings (SSSR count). The van der Waals surface area contributed by atoms with Crippen molar-refractivity contribution in [3.8, 4) is 0 Å². The van der Waals surface area contributed by atoms with Crippen LogP contribution in [-0.2, 0) is 17.8 Å². The molecule has 1 heterocycles. The fourth-order valence-electron chi connectivity index (χ4n) is 3.64. The van der Waals surface area contributed by atoms with Crippen LogP contribution in [0.2, 0.25) is 0 Å². The van der Waals surface area contributed by atoms with Gasteiger partial charge in [0, 0.05) is 39.8 Å². The molecule has 5 nitrogen and oxygen atoms in total. The minimum atomic E-state index is 0. The van der Waals surface area contributed by atoms with Crippen LogP contribution < -0.4 is 10.6 Å². The number of guanidine groups is 1. The first kappa shape index (κ1) is 24.6. The van der Waals surface area contributed by atoms with Crippen LogP contribution in [0, 0.1) is 0 Å². The Labute approximate surface area is 198 Å². The highest BCUT2D eigenvalue weighted by Crippen LogP contribution is 2.17. The fourth-order valence-corrected chi connectivity index (χ4v) is 3.64. The third-order valence-corrected chi connectivity index (χ3v) is 5.52. The SMILES string of the molecule is CN=C(NCCC(C)c1ccccc1)NCc1ccccc1CN1CCOCC1.I. The van der Waals surface area contributed by atoms with E-state index in [1.165, 1.54) is 16.7 Å². The molecule has 2 aromatic rings. The Morgan fingerprint density at radius 3 is 2.37 bits per heavy atom. The molecule has 0 radical (unpaired) electrons. The first-order valence-electron chi connectivity index (χ1n) is 10.6. The van der Waals surface area contributed by atoms with Crippen LogP contribution in [0.25, 0.3) is 0 Å². The number of aliphatic imine (C=N–C) groups is 1. The number of halogens is 1. The zero-order valence-electron chi connectivity index (χ0n) is 18.1. The van der Waals surface area contributed by atoms with Crippen LogP contribution in [-0.4, -0.2) is 50.8 Å². The monoisotopic (exact) mass is 522 g/mol. The number of nitrogens with one attached hydrogen (secondary N) is 2. The Morgan fingerprint density at radius 2 is 1.67 bits per heavy atom. The summed E-state index contributed by atoms with van der Waals surface area (Å²) in [7, 11) is 1.83. The van der Waals surface area contributed by atoms with Crippen molar-refractivity contribution >= 4 is 29.9 Å². The Balaban J connectivity index is 0.00000320. The maximum Gasteiger partial charge on any atom is 0.191 e. The average molecular weight is 522 g/mol. The van der Waals surface area contributed by atoms with E-state index >= 15 is 0 Å². The number of rotatable bonds is 8. The normalized spacial score (nSPS) is 15.9. The Bertz CT molecular complexity index is 763. The topological polar surface area (TPSA) is 48.9 Å². The van der Waals surface area contributed by atoms with Crippen molar-refractivity contribution in [1.29, 1.82) is 0 Å². The summed E-state index contributed by atoms with van der Waals surface area (Å²) in [6, 6.07) is 19.3. The largest absolute Gasteiger partial charge is 0.379 e. The molecule has 0 aromatic heterocycles. The van der Waals surface area contributed by atoms with E-state index in [0.717, 1.165) is 58.3 Å². The molecule has 1 unspecified atom stereocenters. The average Bonchev–Trinajstić information content (AvgIpc) is 2.78. The second kappa shape index (κ2) is 13.6. The van der Waals surface area contributed by atoms with E-state index in [1.807, 2.05) is 7.05 Å². The van der Waals surface area contributed by atoms with Gasteiger partial charge in [0.15, 0.2) is 5.96 Å². The van der Waals surface area contributed by atoms with Crippen LogP contribution in [0.4, 0.5) is 0 Å². The predicted octanol–water partition coefficient (Wildman–Crippen LogP) is 4.00. The first-order chi connectivity index (χ1) is 14.3. The zero-order chi connectivity index (χ0) is 20.3. The second-order valence-electron chi connectivity index (χ2n) is 7.61. The van der Waals surface area contributed by atoms with Gasteiger partial charge in [-0.05, 0) is 29.0 Å². The third-order valence-electron chi connectivity index (χ3n) is 5.52. The van der Waals surface area contributed by atoms with Gasteiger partial charge >= 0.3 is 0 Å². The van der Waals surface area contributed by atoms with Crippen molar-refractivity contribution in [3.05, 3.63) is 71.3 Å². The molecule has 0 aliphatic carbocycles. The van der Waals surface area contributed by atoms with E-state index in [4.69, 9.17) is 4.74 Å². The molecular formula is C24H35IN4O. The lowest BCUT2D eigenvalue weighted by atomic mass is 9.98. The second-order valence-corrected chi connectivity index (χ2v) is 7.61. The van der Waals surface area contributed by atoms with Crippen molar-refractivity contribution in [1.82, 2.24) is 15.5 Å². The number of nitrogens with zero attached hydrogens (tertiary/aromatic N) is 2. The minimum Gasteiger partial charge on any atom is -0.379 e. The molecule has 0 spiro atoms. The Hall–Kier alpha value is -1.64. The lowest BCUT2D eigenvalue weighted by molar-refractivity contribution is 0.0341. The van der Waals surface area contributed by atoms with E-state index in [9.17, 15) is 0 Å². The van der Waals surface area contributed by atoms with Crippen LogP contribution in [0.5, 0.6) is 0 Å². The molecule has 0 amide bonds. The molecular weight excluding hydrogens is 487 g/mol. The number of morpholine rings is 1. The highest BCUT2D eigenvalue weighted by atomic mass is 127. The molecule has 1 aliphatic rings. The number of ether oxygens (including phenoxy) is 1. The van der Waals surface area contributed by atoms with Crippen molar-refractivity contribution in [2.24, 2.45) is 4.99 Å². The standard InChI is InChI=1S/C24H34N4O.HI/c1-20(21-8-4-3-5-9-21)12-13-26-24(25-2)27-18-22-10-6-7-11-23(22)19-28-14-16-29-17-15-28;/h3-11,20H,12-19H2,1-2H3,(H2,25,26,27);1H. The third kappa shape index (κ3) is 7.89. The van der Waals surface area contributed by atoms with Crippen LogP contribution >= 0.6 is 24.0 Å². The molecule has 6 heteroatoms. The van der Waals surface area contributed by atoms with Gasteiger partial charge in [0.2, 0.25) is 0 Å². The Morgan fingerprint density at radius 1 is 1.00 bits per heavy atom. The molecule has 1 saturated heterocycles. The van der Waals surface area contributed by atoms with E-state index in [2.05, 4.69) is 82.0 Å². The molecule has 1 aliphatic heterocycles. The van der Waals surface area contributed by atoms with E-state index in [1.54, 1.807) is 0 Å². The van der Waals surface area contributed by atoms with Gasteiger partial charge < -0.3 is 15.4 Å². The van der Waals surface area contributed by atoms with Gasteiger partial charge in [-0.2, -0.15) is 0 Å². The molecule has 2 aromatic carbocycles. The van der Waals surface area contributed by atoms with Gasteiger partial charge in [-0.3, -0.25) is 9.89 Å². The fraction of sp³-hybridized carbons (Fsp3) is 0.458. The van der Waals surface area contributed by atoms with Crippen molar-refractivity contribution in [3.63, 3.8) is 0 Å². The van der Waals surface area contributed by atoms with Gasteiger partial charge in [0.1, 0.15) is 0 Å². The van der Waals surface area contributed by atoms with E-state index in [-0.39, 0.29) is 24.0 Å². The summed E-state index contributed by atoms with van der Waals surface area (Å²) in [6.07, 6.45) is 1.07. The summed E-state index contributed by atoms with van der Waals surface area (Å²) < 4.78 is 5.47. The molecule has 0 bridgehead atoms. The summed E-state index contributed by atoms with van der Waals surface area (Å²) in [5.74, 6) is 1.38. The minimum absolute atomic E-state index is 0. The lowest BCUT2D eigenvalue weighted by Gasteiger charge is -2.27. The lowest BCUT2D eigenvalue weighted by Crippen LogP contribution is -2.38. The van der Waals surface area contributed by atoms with Crippen LogP contribution in [0.3, 0.4) is 0 Å². The van der Waals surface area contributed by atoms with Crippen LogP contribution in [0.1, 0.15) is 36.0 Å². The summed E-state index contributed by atoms with van der Waals surface area (Å²) in [5.41, 5.74) is 4.07. The zero-order valence-corrected chi connectivity index (χ0v) is 20.5. The summed E-state index contributed by atoms with van der Waals surface area (Å²) in [6.45, 7) is 8.59. The van der Waals surface area contributed by atoms with Gasteiger partial charge in [-0.25, -0.2) is 0 Å². The first-order valence-corrected chi connectivity index (χ1v) is 10.6. The van der Waals surface area contributed by atoms with E-state index in [0.29, 0.717) is 5.92 Å². The molecule has 1 fully saturated rings. The van der Waals surface area contributed by atoms with Crippen molar-refractivity contribution in [2.45, 2.75) is 32.4 Å². The highest BCUT2D eigenvalue weighted by Gasteiger charge is 2.13. The maximum atomic E-state index is 5.47. The molecule has 164 valence electrons.